The number of rotatable bonds is 5. The number of hydrogen-bond acceptors (Lipinski definition) is 5. The predicted molar refractivity (Wildman–Crippen MR) is 108 cm³/mol. The highest BCUT2D eigenvalue weighted by atomic mass is 16.3. The van der Waals surface area contributed by atoms with Crippen molar-refractivity contribution in [2.45, 2.75) is 0 Å². The molecular weight excluding hydrogens is 356 g/mol. The number of benzene rings is 1. The van der Waals surface area contributed by atoms with Gasteiger partial charge in [0.1, 0.15) is 0 Å². The summed E-state index contributed by atoms with van der Waals surface area (Å²) in [5, 5.41) is 9.34. The monoisotopic (exact) mass is 378 g/mol. The van der Waals surface area contributed by atoms with Crippen molar-refractivity contribution < 1.29 is 14.7 Å². The van der Waals surface area contributed by atoms with Gasteiger partial charge in [0.2, 0.25) is 5.91 Å². The molecule has 0 unspecified atom stereocenters. The van der Waals surface area contributed by atoms with E-state index >= 15 is 0 Å². The molecule has 0 aliphatic carbocycles. The van der Waals surface area contributed by atoms with Crippen LogP contribution in [0.25, 0.3) is 12.2 Å². The molecule has 0 radical (unpaired) electrons. The van der Waals surface area contributed by atoms with Gasteiger partial charge in [-0.05, 0) is 29.8 Å². The molecule has 1 fully saturated rings. The molecule has 0 saturated carbocycles. The van der Waals surface area contributed by atoms with E-state index in [1.807, 2.05) is 23.1 Å². The lowest BCUT2D eigenvalue weighted by Crippen LogP contribution is -2.48. The highest BCUT2D eigenvalue weighted by Crippen LogP contribution is 2.16. The summed E-state index contributed by atoms with van der Waals surface area (Å²) in [7, 11) is 0. The molecule has 1 saturated heterocycles. The SMILES string of the molecule is NC(=O)/C(O)=C/c1ccc(/C=C/C(=O)N2CCN(c3ccccc3)CC2)cn1. The smallest absolute Gasteiger partial charge is 0.283 e. The fourth-order valence-electron chi connectivity index (χ4n) is 2.91. The minimum Gasteiger partial charge on any atom is -0.503 e. The van der Waals surface area contributed by atoms with Crippen LogP contribution < -0.4 is 10.6 Å². The van der Waals surface area contributed by atoms with Crippen LogP contribution in [0, 0.1) is 0 Å². The molecule has 1 aliphatic heterocycles. The van der Waals surface area contributed by atoms with Gasteiger partial charge in [-0.25, -0.2) is 0 Å². The van der Waals surface area contributed by atoms with Gasteiger partial charge in [0, 0.05) is 50.2 Å². The van der Waals surface area contributed by atoms with E-state index in [4.69, 9.17) is 5.73 Å². The summed E-state index contributed by atoms with van der Waals surface area (Å²) in [5.74, 6) is -1.51. The normalized spacial score (nSPS) is 15.1. The first-order valence-corrected chi connectivity index (χ1v) is 8.96. The number of aliphatic hydroxyl groups is 1. The topological polar surface area (TPSA) is 99.8 Å². The Balaban J connectivity index is 1.54. The molecule has 2 amide bonds. The van der Waals surface area contributed by atoms with Crippen LogP contribution in [0.1, 0.15) is 11.3 Å². The van der Waals surface area contributed by atoms with Crippen molar-refractivity contribution in [2.24, 2.45) is 5.73 Å². The van der Waals surface area contributed by atoms with Crippen LogP contribution >= 0.6 is 0 Å². The van der Waals surface area contributed by atoms with E-state index in [2.05, 4.69) is 22.0 Å². The van der Waals surface area contributed by atoms with E-state index in [1.165, 1.54) is 17.8 Å². The van der Waals surface area contributed by atoms with Crippen LogP contribution in [0.5, 0.6) is 0 Å². The number of aromatic nitrogens is 1. The van der Waals surface area contributed by atoms with Gasteiger partial charge in [-0.15, -0.1) is 0 Å². The molecule has 0 bridgehead atoms. The number of carbonyl (C=O) groups excluding carboxylic acids is 2. The number of carbonyl (C=O) groups is 2. The van der Waals surface area contributed by atoms with E-state index < -0.39 is 11.7 Å². The molecule has 0 atom stereocenters. The van der Waals surface area contributed by atoms with Crippen molar-refractivity contribution in [1.29, 1.82) is 0 Å². The third-order valence-electron chi connectivity index (χ3n) is 4.48. The molecule has 1 aromatic carbocycles. The van der Waals surface area contributed by atoms with Crippen LogP contribution in [0.2, 0.25) is 0 Å². The van der Waals surface area contributed by atoms with Crippen molar-refractivity contribution in [3.05, 3.63) is 71.8 Å². The summed E-state index contributed by atoms with van der Waals surface area (Å²) >= 11 is 0. The molecule has 7 heteroatoms. The van der Waals surface area contributed by atoms with Gasteiger partial charge in [-0.1, -0.05) is 24.3 Å². The van der Waals surface area contributed by atoms with Gasteiger partial charge in [0.15, 0.2) is 5.76 Å². The predicted octanol–water partition coefficient (Wildman–Crippen LogP) is 1.83. The number of pyridine rings is 1. The first-order valence-electron chi connectivity index (χ1n) is 8.96. The molecule has 7 nitrogen and oxygen atoms in total. The molecule has 0 spiro atoms. The Kier molecular flexibility index (Phi) is 6.06. The Labute approximate surface area is 163 Å². The van der Waals surface area contributed by atoms with Gasteiger partial charge >= 0.3 is 0 Å². The summed E-state index contributed by atoms with van der Waals surface area (Å²) in [6.07, 6.45) is 5.97. The Morgan fingerprint density at radius 3 is 2.36 bits per heavy atom. The Morgan fingerprint density at radius 1 is 1.04 bits per heavy atom. The second kappa shape index (κ2) is 8.85. The fourth-order valence-corrected chi connectivity index (χ4v) is 2.91. The summed E-state index contributed by atoms with van der Waals surface area (Å²) in [4.78, 5) is 31.4. The number of nitrogens with two attached hydrogens (primary N) is 1. The number of para-hydroxylation sites is 1. The van der Waals surface area contributed by atoms with Gasteiger partial charge in [-0.2, -0.15) is 0 Å². The van der Waals surface area contributed by atoms with Gasteiger partial charge in [0.25, 0.3) is 5.91 Å². The van der Waals surface area contributed by atoms with Crippen molar-refractivity contribution in [1.82, 2.24) is 9.88 Å². The molecule has 2 heterocycles. The third kappa shape index (κ3) is 4.97. The van der Waals surface area contributed by atoms with Gasteiger partial charge in [-0.3, -0.25) is 14.6 Å². The van der Waals surface area contributed by atoms with Crippen LogP contribution in [-0.4, -0.2) is 53.0 Å². The first kappa shape index (κ1) is 19.2. The third-order valence-corrected chi connectivity index (χ3v) is 4.48. The maximum absolute atomic E-state index is 12.4. The van der Waals surface area contributed by atoms with Crippen LogP contribution in [0.4, 0.5) is 5.69 Å². The fraction of sp³-hybridized carbons (Fsp3) is 0.190. The highest BCUT2D eigenvalue weighted by molar-refractivity contribution is 5.94. The summed E-state index contributed by atoms with van der Waals surface area (Å²) in [5.41, 5.74) is 7.28. The van der Waals surface area contributed by atoms with E-state index in [0.717, 1.165) is 18.7 Å². The average Bonchev–Trinajstić information content (AvgIpc) is 2.73. The Bertz CT molecular complexity index is 884. The zero-order chi connectivity index (χ0) is 19.9. The number of anilines is 1. The van der Waals surface area contributed by atoms with Crippen LogP contribution in [-0.2, 0) is 9.59 Å². The van der Waals surface area contributed by atoms with E-state index in [-0.39, 0.29) is 5.91 Å². The number of aliphatic hydroxyl groups excluding tert-OH is 1. The molecule has 2 aromatic rings. The largest absolute Gasteiger partial charge is 0.503 e. The standard InChI is InChI=1S/C21H22N4O3/c22-21(28)19(26)14-17-8-6-16(15-23-17)7-9-20(27)25-12-10-24(11-13-25)18-4-2-1-3-5-18/h1-9,14-15,26H,10-13H2,(H2,22,28)/b9-7+,19-14-. The number of amides is 2. The molecular formula is C21H22N4O3. The zero-order valence-corrected chi connectivity index (χ0v) is 15.4. The molecule has 3 N–H and O–H groups in total. The summed E-state index contributed by atoms with van der Waals surface area (Å²) in [6, 6.07) is 13.5. The van der Waals surface area contributed by atoms with E-state index in [0.29, 0.717) is 18.8 Å². The average molecular weight is 378 g/mol. The van der Waals surface area contributed by atoms with E-state index in [1.54, 1.807) is 24.4 Å². The minimum absolute atomic E-state index is 0.0388. The molecule has 1 aromatic heterocycles. The summed E-state index contributed by atoms with van der Waals surface area (Å²) in [6.45, 7) is 2.95. The van der Waals surface area contributed by atoms with Crippen LogP contribution in [0.15, 0.2) is 60.5 Å². The number of piperazine rings is 1. The maximum Gasteiger partial charge on any atom is 0.283 e. The lowest BCUT2D eigenvalue weighted by atomic mass is 10.2. The van der Waals surface area contributed by atoms with Crippen molar-refractivity contribution in [3.8, 4) is 0 Å². The Morgan fingerprint density at radius 2 is 1.75 bits per heavy atom. The molecule has 1 aliphatic rings. The van der Waals surface area contributed by atoms with Gasteiger partial charge < -0.3 is 20.6 Å². The summed E-state index contributed by atoms with van der Waals surface area (Å²) < 4.78 is 0. The lowest BCUT2D eigenvalue weighted by molar-refractivity contribution is -0.126. The first-order chi connectivity index (χ1) is 13.5. The molecule has 144 valence electrons. The van der Waals surface area contributed by atoms with Crippen molar-refractivity contribution in [2.75, 3.05) is 31.1 Å². The molecule has 28 heavy (non-hydrogen) atoms. The number of primary amides is 1. The van der Waals surface area contributed by atoms with E-state index in [9.17, 15) is 14.7 Å². The quantitative estimate of drug-likeness (QED) is 0.611. The number of hydrogen-bond donors (Lipinski definition) is 2. The van der Waals surface area contributed by atoms with Gasteiger partial charge in [0.05, 0.1) is 5.69 Å². The van der Waals surface area contributed by atoms with Crippen molar-refractivity contribution >= 4 is 29.7 Å². The Hall–Kier alpha value is -3.61. The zero-order valence-electron chi connectivity index (χ0n) is 15.4. The molecule has 3 rings (SSSR count). The lowest BCUT2D eigenvalue weighted by Gasteiger charge is -2.35. The maximum atomic E-state index is 12.4. The van der Waals surface area contributed by atoms with Crippen LogP contribution in [0.3, 0.4) is 0 Å². The van der Waals surface area contributed by atoms with Crippen molar-refractivity contribution in [3.63, 3.8) is 0 Å². The minimum atomic E-state index is -0.913. The second-order valence-electron chi connectivity index (χ2n) is 6.39. The number of nitrogens with zero attached hydrogens (tertiary/aromatic N) is 3. The highest BCUT2D eigenvalue weighted by Gasteiger charge is 2.19. The second-order valence-corrected chi connectivity index (χ2v) is 6.39.